The molecule has 0 aromatic heterocycles. The summed E-state index contributed by atoms with van der Waals surface area (Å²) in [6.07, 6.45) is 1.63. The lowest BCUT2D eigenvalue weighted by molar-refractivity contribution is 0.220. The van der Waals surface area contributed by atoms with Crippen LogP contribution in [0.3, 0.4) is 0 Å². The SMILES string of the molecule is CC1CC(C)CN(S(=O)(=O)NCCc2ccc(F)cc2)C1. The van der Waals surface area contributed by atoms with E-state index in [0.717, 1.165) is 12.0 Å². The molecule has 118 valence electrons. The van der Waals surface area contributed by atoms with Gasteiger partial charge in [-0.05, 0) is 42.4 Å². The van der Waals surface area contributed by atoms with Crippen molar-refractivity contribution in [2.75, 3.05) is 19.6 Å². The molecule has 1 saturated heterocycles. The fourth-order valence-corrected chi connectivity index (χ4v) is 4.31. The molecule has 2 unspecified atom stereocenters. The maximum absolute atomic E-state index is 12.8. The van der Waals surface area contributed by atoms with Gasteiger partial charge in [-0.15, -0.1) is 0 Å². The molecule has 0 spiro atoms. The Labute approximate surface area is 126 Å². The summed E-state index contributed by atoms with van der Waals surface area (Å²) in [5.74, 6) is 0.500. The van der Waals surface area contributed by atoms with Crippen LogP contribution in [-0.4, -0.2) is 32.4 Å². The Bertz CT molecular complexity index is 550. The van der Waals surface area contributed by atoms with Gasteiger partial charge in [0.25, 0.3) is 10.2 Å². The summed E-state index contributed by atoms with van der Waals surface area (Å²) in [5.41, 5.74) is 0.916. The number of rotatable bonds is 5. The van der Waals surface area contributed by atoms with E-state index in [1.807, 2.05) is 0 Å². The largest absolute Gasteiger partial charge is 0.279 e. The zero-order chi connectivity index (χ0) is 15.5. The van der Waals surface area contributed by atoms with Crippen LogP contribution in [0.4, 0.5) is 4.39 Å². The normalized spacial score (nSPS) is 24.1. The van der Waals surface area contributed by atoms with Crippen molar-refractivity contribution in [2.45, 2.75) is 26.7 Å². The first kappa shape index (κ1) is 16.4. The van der Waals surface area contributed by atoms with Gasteiger partial charge in [-0.25, -0.2) is 9.11 Å². The number of hydrogen-bond donors (Lipinski definition) is 1. The molecule has 2 rings (SSSR count). The van der Waals surface area contributed by atoms with Crippen LogP contribution in [0.1, 0.15) is 25.8 Å². The first-order valence-electron chi connectivity index (χ1n) is 7.36. The highest BCUT2D eigenvalue weighted by Gasteiger charge is 2.29. The van der Waals surface area contributed by atoms with Gasteiger partial charge in [0.15, 0.2) is 0 Å². The van der Waals surface area contributed by atoms with Crippen LogP contribution in [0.5, 0.6) is 0 Å². The first-order chi connectivity index (χ1) is 9.87. The van der Waals surface area contributed by atoms with Crippen molar-refractivity contribution >= 4 is 10.2 Å². The number of hydrogen-bond acceptors (Lipinski definition) is 2. The van der Waals surface area contributed by atoms with Crippen LogP contribution in [0, 0.1) is 17.7 Å². The van der Waals surface area contributed by atoms with Crippen molar-refractivity contribution in [3.63, 3.8) is 0 Å². The predicted octanol–water partition coefficient (Wildman–Crippen LogP) is 2.18. The van der Waals surface area contributed by atoms with Gasteiger partial charge in [0.1, 0.15) is 5.82 Å². The van der Waals surface area contributed by atoms with Crippen LogP contribution in [0.25, 0.3) is 0 Å². The Balaban J connectivity index is 1.87. The molecule has 1 fully saturated rings. The second kappa shape index (κ2) is 6.85. The van der Waals surface area contributed by atoms with E-state index in [9.17, 15) is 12.8 Å². The third-order valence-electron chi connectivity index (χ3n) is 3.79. The van der Waals surface area contributed by atoms with E-state index in [4.69, 9.17) is 0 Å². The zero-order valence-corrected chi connectivity index (χ0v) is 13.4. The molecular formula is C15H23FN2O2S. The Morgan fingerprint density at radius 2 is 1.76 bits per heavy atom. The third kappa shape index (κ3) is 4.76. The van der Waals surface area contributed by atoms with Crippen LogP contribution >= 0.6 is 0 Å². The molecule has 0 aliphatic carbocycles. The predicted molar refractivity (Wildman–Crippen MR) is 81.5 cm³/mol. The number of nitrogens with zero attached hydrogens (tertiary/aromatic N) is 1. The quantitative estimate of drug-likeness (QED) is 0.905. The van der Waals surface area contributed by atoms with Crippen LogP contribution in [0.15, 0.2) is 24.3 Å². The molecule has 1 aliphatic heterocycles. The van der Waals surface area contributed by atoms with E-state index < -0.39 is 10.2 Å². The van der Waals surface area contributed by atoms with E-state index in [0.29, 0.717) is 37.9 Å². The van der Waals surface area contributed by atoms with Gasteiger partial charge in [-0.3, -0.25) is 0 Å². The summed E-state index contributed by atoms with van der Waals surface area (Å²) in [5, 5.41) is 0. The van der Waals surface area contributed by atoms with Gasteiger partial charge in [0.2, 0.25) is 0 Å². The van der Waals surface area contributed by atoms with E-state index in [1.165, 1.54) is 16.4 Å². The van der Waals surface area contributed by atoms with Gasteiger partial charge in [-0.2, -0.15) is 12.7 Å². The van der Waals surface area contributed by atoms with Crippen LogP contribution in [0.2, 0.25) is 0 Å². The maximum Gasteiger partial charge on any atom is 0.279 e. The lowest BCUT2D eigenvalue weighted by Crippen LogP contribution is -2.48. The number of benzene rings is 1. The zero-order valence-electron chi connectivity index (χ0n) is 12.5. The minimum absolute atomic E-state index is 0.282. The van der Waals surface area contributed by atoms with Gasteiger partial charge in [0.05, 0.1) is 0 Å². The first-order valence-corrected chi connectivity index (χ1v) is 8.80. The lowest BCUT2D eigenvalue weighted by Gasteiger charge is -2.33. The average molecular weight is 314 g/mol. The highest BCUT2D eigenvalue weighted by molar-refractivity contribution is 7.87. The molecule has 1 aromatic rings. The smallest absolute Gasteiger partial charge is 0.207 e. The molecule has 6 heteroatoms. The molecule has 0 bridgehead atoms. The molecule has 0 amide bonds. The Hall–Kier alpha value is -0.980. The second-order valence-electron chi connectivity index (χ2n) is 6.04. The monoisotopic (exact) mass is 314 g/mol. The van der Waals surface area contributed by atoms with E-state index in [1.54, 1.807) is 12.1 Å². The molecular weight excluding hydrogens is 291 g/mol. The standard InChI is InChI=1S/C15H23FN2O2S/c1-12-9-13(2)11-18(10-12)21(19,20)17-8-7-14-3-5-15(16)6-4-14/h3-6,12-13,17H,7-11H2,1-2H3. The second-order valence-corrected chi connectivity index (χ2v) is 7.79. The van der Waals surface area contributed by atoms with Crippen molar-refractivity contribution in [3.8, 4) is 0 Å². The van der Waals surface area contributed by atoms with Crippen molar-refractivity contribution in [1.29, 1.82) is 0 Å². The van der Waals surface area contributed by atoms with Gasteiger partial charge >= 0.3 is 0 Å². The number of halogens is 1. The fourth-order valence-electron chi connectivity index (χ4n) is 2.87. The summed E-state index contributed by atoms with van der Waals surface area (Å²) in [6, 6.07) is 6.12. The number of piperidine rings is 1. The van der Waals surface area contributed by atoms with Gasteiger partial charge in [-0.1, -0.05) is 26.0 Å². The van der Waals surface area contributed by atoms with Crippen LogP contribution in [-0.2, 0) is 16.6 Å². The minimum atomic E-state index is -3.42. The van der Waals surface area contributed by atoms with Crippen molar-refractivity contribution < 1.29 is 12.8 Å². The summed E-state index contributed by atoms with van der Waals surface area (Å²) < 4.78 is 41.5. The summed E-state index contributed by atoms with van der Waals surface area (Å²) >= 11 is 0. The summed E-state index contributed by atoms with van der Waals surface area (Å²) in [4.78, 5) is 0. The Morgan fingerprint density at radius 1 is 1.19 bits per heavy atom. The Morgan fingerprint density at radius 3 is 2.33 bits per heavy atom. The van der Waals surface area contributed by atoms with Gasteiger partial charge < -0.3 is 0 Å². The van der Waals surface area contributed by atoms with Crippen LogP contribution < -0.4 is 4.72 Å². The molecule has 1 heterocycles. The fraction of sp³-hybridized carbons (Fsp3) is 0.600. The van der Waals surface area contributed by atoms with Crippen molar-refractivity contribution in [2.24, 2.45) is 11.8 Å². The number of nitrogens with one attached hydrogen (secondary N) is 1. The van der Waals surface area contributed by atoms with Crippen molar-refractivity contribution in [3.05, 3.63) is 35.6 Å². The average Bonchev–Trinajstić information content (AvgIpc) is 2.40. The topological polar surface area (TPSA) is 49.4 Å². The molecule has 21 heavy (non-hydrogen) atoms. The summed E-state index contributed by atoms with van der Waals surface area (Å²) in [6.45, 7) is 5.65. The minimum Gasteiger partial charge on any atom is -0.207 e. The maximum atomic E-state index is 12.8. The van der Waals surface area contributed by atoms with E-state index in [-0.39, 0.29) is 5.82 Å². The van der Waals surface area contributed by atoms with Gasteiger partial charge in [0, 0.05) is 19.6 Å². The van der Waals surface area contributed by atoms with E-state index >= 15 is 0 Å². The molecule has 0 saturated carbocycles. The molecule has 4 nitrogen and oxygen atoms in total. The molecule has 1 aliphatic rings. The molecule has 0 radical (unpaired) electrons. The molecule has 2 atom stereocenters. The molecule has 1 aromatic carbocycles. The lowest BCUT2D eigenvalue weighted by atomic mass is 9.94. The molecule has 1 N–H and O–H groups in total. The van der Waals surface area contributed by atoms with E-state index in [2.05, 4.69) is 18.6 Å². The summed E-state index contributed by atoms with van der Waals surface area (Å²) in [7, 11) is -3.42. The van der Waals surface area contributed by atoms with Crippen molar-refractivity contribution in [1.82, 2.24) is 9.03 Å². The highest BCUT2D eigenvalue weighted by atomic mass is 32.2. The Kier molecular flexibility index (Phi) is 5.35. The third-order valence-corrected chi connectivity index (χ3v) is 5.33. The highest BCUT2D eigenvalue weighted by Crippen LogP contribution is 2.22.